The molecule has 1 N–H and O–H groups in total. The van der Waals surface area contributed by atoms with Crippen LogP contribution in [0.2, 0.25) is 0 Å². The highest BCUT2D eigenvalue weighted by Gasteiger charge is 2.31. The molecule has 0 spiro atoms. The number of carbonyl (C=O) groups is 2. The summed E-state index contributed by atoms with van der Waals surface area (Å²) in [5.74, 6) is 0.632. The quantitative estimate of drug-likeness (QED) is 0.379. The van der Waals surface area contributed by atoms with E-state index in [2.05, 4.69) is 10.3 Å². The first kappa shape index (κ1) is 24.6. The molecule has 10 nitrogen and oxygen atoms in total. The molecular weight excluding hydrogens is 464 g/mol. The first-order valence-electron chi connectivity index (χ1n) is 11.5. The van der Waals surface area contributed by atoms with Crippen LogP contribution in [-0.2, 0) is 4.79 Å². The van der Waals surface area contributed by atoms with Crippen molar-refractivity contribution < 1.29 is 24.0 Å². The van der Waals surface area contributed by atoms with Crippen LogP contribution in [0.4, 0.5) is 11.5 Å². The number of likely N-dealkylation sites (tertiary alicyclic amines) is 1. The van der Waals surface area contributed by atoms with Crippen LogP contribution in [0.1, 0.15) is 28.9 Å². The Morgan fingerprint density at radius 1 is 1.11 bits per heavy atom. The standard InChI is InChI=1S/C26H26N4O6/c1-17-5-3-7-24(27-17)28-25(31)18-6-4-14-29(16-18)26(32)22-15-19(30(33)34)8-13-23(22)36-21-11-9-20(35-2)10-12-21/h3,5,7-13,15,18H,4,6,14,16H2,1-2H3,(H,27,28,31). The molecule has 0 aliphatic carbocycles. The Morgan fingerprint density at radius 2 is 1.86 bits per heavy atom. The molecule has 1 aliphatic rings. The number of benzene rings is 2. The normalized spacial score (nSPS) is 15.2. The van der Waals surface area contributed by atoms with Crippen LogP contribution in [0.15, 0.2) is 60.7 Å². The number of nitrogens with one attached hydrogen (secondary N) is 1. The lowest BCUT2D eigenvalue weighted by molar-refractivity contribution is -0.384. The Kier molecular flexibility index (Phi) is 7.43. The van der Waals surface area contributed by atoms with Gasteiger partial charge in [-0.3, -0.25) is 19.7 Å². The van der Waals surface area contributed by atoms with Gasteiger partial charge in [0.15, 0.2) is 0 Å². The molecule has 1 aliphatic heterocycles. The highest BCUT2D eigenvalue weighted by Crippen LogP contribution is 2.32. The van der Waals surface area contributed by atoms with Gasteiger partial charge in [0.2, 0.25) is 5.91 Å². The van der Waals surface area contributed by atoms with E-state index in [-0.39, 0.29) is 29.5 Å². The van der Waals surface area contributed by atoms with Gasteiger partial charge in [-0.25, -0.2) is 4.98 Å². The van der Waals surface area contributed by atoms with E-state index in [1.165, 1.54) is 23.1 Å². The van der Waals surface area contributed by atoms with Crippen LogP contribution in [0.25, 0.3) is 0 Å². The van der Waals surface area contributed by atoms with E-state index < -0.39 is 16.7 Å². The molecular formula is C26H26N4O6. The number of aryl methyl sites for hydroxylation is 1. The topological polar surface area (TPSA) is 124 Å². The molecule has 0 bridgehead atoms. The number of nitro groups is 1. The SMILES string of the molecule is COc1ccc(Oc2ccc([N+](=O)[O-])cc2C(=O)N2CCCC(C(=O)Nc3cccc(C)n3)C2)cc1. The second kappa shape index (κ2) is 10.9. The number of amides is 2. The number of nitro benzene ring substituents is 1. The van der Waals surface area contributed by atoms with E-state index in [4.69, 9.17) is 9.47 Å². The van der Waals surface area contributed by atoms with Gasteiger partial charge >= 0.3 is 0 Å². The molecule has 186 valence electrons. The monoisotopic (exact) mass is 490 g/mol. The number of hydrogen-bond acceptors (Lipinski definition) is 7. The van der Waals surface area contributed by atoms with Crippen LogP contribution in [0.5, 0.6) is 17.2 Å². The zero-order chi connectivity index (χ0) is 25.7. The number of piperidine rings is 1. The fourth-order valence-electron chi connectivity index (χ4n) is 4.05. The summed E-state index contributed by atoms with van der Waals surface area (Å²) in [6.45, 7) is 2.44. The van der Waals surface area contributed by atoms with E-state index in [9.17, 15) is 19.7 Å². The Morgan fingerprint density at radius 3 is 2.56 bits per heavy atom. The van der Waals surface area contributed by atoms with E-state index in [0.717, 1.165) is 5.69 Å². The second-order valence-electron chi connectivity index (χ2n) is 8.46. The molecule has 2 aromatic carbocycles. The minimum atomic E-state index is -0.560. The molecule has 2 amide bonds. The fraction of sp³-hybridized carbons (Fsp3) is 0.269. The molecule has 2 heterocycles. The summed E-state index contributed by atoms with van der Waals surface area (Å²) >= 11 is 0. The lowest BCUT2D eigenvalue weighted by atomic mass is 9.96. The zero-order valence-electron chi connectivity index (χ0n) is 20.0. The van der Waals surface area contributed by atoms with E-state index in [1.54, 1.807) is 43.5 Å². The van der Waals surface area contributed by atoms with Crippen molar-refractivity contribution in [1.82, 2.24) is 9.88 Å². The Balaban J connectivity index is 1.54. The first-order chi connectivity index (χ1) is 17.3. The highest BCUT2D eigenvalue weighted by atomic mass is 16.6. The number of nitrogens with zero attached hydrogens (tertiary/aromatic N) is 3. The second-order valence-corrected chi connectivity index (χ2v) is 8.46. The molecule has 1 aromatic heterocycles. The van der Waals surface area contributed by atoms with Crippen molar-refractivity contribution in [3.8, 4) is 17.2 Å². The zero-order valence-corrected chi connectivity index (χ0v) is 20.0. The Bertz CT molecular complexity index is 1280. The van der Waals surface area contributed by atoms with Crippen molar-refractivity contribution in [3.63, 3.8) is 0 Å². The van der Waals surface area contributed by atoms with Gasteiger partial charge in [-0.05, 0) is 62.2 Å². The average Bonchev–Trinajstić information content (AvgIpc) is 2.89. The molecule has 1 saturated heterocycles. The minimum Gasteiger partial charge on any atom is -0.497 e. The van der Waals surface area contributed by atoms with Gasteiger partial charge < -0.3 is 19.7 Å². The number of methoxy groups -OCH3 is 1. The summed E-state index contributed by atoms with van der Waals surface area (Å²) in [5, 5.41) is 14.2. The maximum Gasteiger partial charge on any atom is 0.270 e. The van der Waals surface area contributed by atoms with E-state index in [1.807, 2.05) is 13.0 Å². The summed E-state index contributed by atoms with van der Waals surface area (Å²) in [7, 11) is 1.55. The molecule has 3 aromatic rings. The lowest BCUT2D eigenvalue weighted by Crippen LogP contribution is -2.44. The predicted octanol–water partition coefficient (Wildman–Crippen LogP) is 4.59. The van der Waals surface area contributed by atoms with Crippen LogP contribution >= 0.6 is 0 Å². The number of carbonyl (C=O) groups excluding carboxylic acids is 2. The largest absolute Gasteiger partial charge is 0.497 e. The van der Waals surface area contributed by atoms with Crippen molar-refractivity contribution in [3.05, 3.63) is 82.0 Å². The third kappa shape index (κ3) is 5.77. The lowest BCUT2D eigenvalue weighted by Gasteiger charge is -2.32. The van der Waals surface area contributed by atoms with Crippen molar-refractivity contribution in [2.24, 2.45) is 5.92 Å². The number of non-ortho nitro benzene ring substituents is 1. The van der Waals surface area contributed by atoms with Gasteiger partial charge in [0.25, 0.3) is 11.6 Å². The summed E-state index contributed by atoms with van der Waals surface area (Å²) < 4.78 is 11.1. The molecule has 1 unspecified atom stereocenters. The minimum absolute atomic E-state index is 0.0569. The van der Waals surface area contributed by atoms with Gasteiger partial charge in [0.1, 0.15) is 23.1 Å². The smallest absolute Gasteiger partial charge is 0.270 e. The average molecular weight is 491 g/mol. The van der Waals surface area contributed by atoms with Crippen molar-refractivity contribution in [2.45, 2.75) is 19.8 Å². The van der Waals surface area contributed by atoms with E-state index >= 15 is 0 Å². The number of pyridine rings is 1. The van der Waals surface area contributed by atoms with Crippen LogP contribution < -0.4 is 14.8 Å². The van der Waals surface area contributed by atoms with Crippen LogP contribution in [-0.4, -0.2) is 46.8 Å². The molecule has 4 rings (SSSR count). The van der Waals surface area contributed by atoms with Crippen molar-refractivity contribution in [2.75, 3.05) is 25.5 Å². The summed E-state index contributed by atoms with van der Waals surface area (Å²) in [4.78, 5) is 43.1. The summed E-state index contributed by atoms with van der Waals surface area (Å²) in [5.41, 5.74) is 0.613. The number of hydrogen-bond donors (Lipinski definition) is 1. The Labute approximate surface area is 208 Å². The van der Waals surface area contributed by atoms with Crippen LogP contribution in [0, 0.1) is 23.0 Å². The third-order valence-electron chi connectivity index (χ3n) is 5.91. The van der Waals surface area contributed by atoms with Crippen molar-refractivity contribution >= 4 is 23.3 Å². The molecule has 1 atom stereocenters. The molecule has 0 saturated carbocycles. The van der Waals surface area contributed by atoms with Crippen molar-refractivity contribution in [1.29, 1.82) is 0 Å². The fourth-order valence-corrected chi connectivity index (χ4v) is 4.05. The first-order valence-corrected chi connectivity index (χ1v) is 11.5. The third-order valence-corrected chi connectivity index (χ3v) is 5.91. The molecule has 1 fully saturated rings. The number of rotatable bonds is 7. The van der Waals surface area contributed by atoms with Gasteiger partial charge in [-0.1, -0.05) is 6.07 Å². The highest BCUT2D eigenvalue weighted by molar-refractivity contribution is 5.98. The molecule has 0 radical (unpaired) electrons. The predicted molar refractivity (Wildman–Crippen MR) is 132 cm³/mol. The number of anilines is 1. The molecule has 36 heavy (non-hydrogen) atoms. The Hall–Kier alpha value is -4.47. The van der Waals surface area contributed by atoms with Gasteiger partial charge in [0, 0.05) is 30.9 Å². The summed E-state index contributed by atoms with van der Waals surface area (Å²) in [6.07, 6.45) is 1.24. The maximum atomic E-state index is 13.5. The van der Waals surface area contributed by atoms with E-state index in [0.29, 0.717) is 36.7 Å². The summed E-state index contributed by atoms with van der Waals surface area (Å²) in [6, 6.07) is 16.0. The maximum absolute atomic E-state index is 13.5. The number of ether oxygens (including phenoxy) is 2. The van der Waals surface area contributed by atoms with Gasteiger partial charge in [-0.15, -0.1) is 0 Å². The van der Waals surface area contributed by atoms with Gasteiger partial charge in [0.05, 0.1) is 23.5 Å². The number of aromatic nitrogens is 1. The van der Waals surface area contributed by atoms with Crippen LogP contribution in [0.3, 0.4) is 0 Å². The van der Waals surface area contributed by atoms with Gasteiger partial charge in [-0.2, -0.15) is 0 Å². The molecule has 10 heteroatoms.